The number of nitrogens with one attached hydrogen (secondary N) is 1. The summed E-state index contributed by atoms with van der Waals surface area (Å²) in [5.74, 6) is 0.406. The van der Waals surface area contributed by atoms with Crippen molar-refractivity contribution < 1.29 is 4.74 Å². The average Bonchev–Trinajstić information content (AvgIpc) is 2.81. The summed E-state index contributed by atoms with van der Waals surface area (Å²) in [7, 11) is 1.66. The van der Waals surface area contributed by atoms with E-state index in [4.69, 9.17) is 10.5 Å². The molecule has 0 radical (unpaired) electrons. The first-order chi connectivity index (χ1) is 9.60. The number of hydrogen-bond donors (Lipinski definition) is 2. The first-order valence-corrected chi connectivity index (χ1v) is 6.59. The molecular weight excluding hydrogens is 254 g/mol. The molecule has 0 aliphatic rings. The van der Waals surface area contributed by atoms with E-state index in [2.05, 4.69) is 15.3 Å². The van der Waals surface area contributed by atoms with Crippen LogP contribution in [0.2, 0.25) is 0 Å². The lowest BCUT2D eigenvalue weighted by atomic mass is 10.4. The number of nitrogens with two attached hydrogens (primary N) is 1. The number of hydrogen-bond acceptors (Lipinski definition) is 3. The molecule has 0 spiro atoms. The van der Waals surface area contributed by atoms with Crippen LogP contribution in [0.25, 0.3) is 5.65 Å². The molecule has 0 aliphatic carbocycles. The predicted octanol–water partition coefficient (Wildman–Crippen LogP) is 1.08. The number of aryl methyl sites for hydroxylation is 1. The van der Waals surface area contributed by atoms with E-state index < -0.39 is 0 Å². The van der Waals surface area contributed by atoms with Crippen LogP contribution in [0.1, 0.15) is 18.3 Å². The highest BCUT2D eigenvalue weighted by atomic mass is 16.5. The number of imidazole rings is 1. The molecule has 20 heavy (non-hydrogen) atoms. The Bertz CT molecular complexity index is 605. The van der Waals surface area contributed by atoms with E-state index in [1.54, 1.807) is 7.11 Å². The topological polar surface area (TPSA) is 76.9 Å². The number of pyridine rings is 1. The van der Waals surface area contributed by atoms with E-state index >= 15 is 0 Å². The van der Waals surface area contributed by atoms with Gasteiger partial charge in [-0.05, 0) is 26.0 Å². The van der Waals surface area contributed by atoms with Crippen molar-refractivity contribution in [2.75, 3.05) is 13.7 Å². The Morgan fingerprint density at radius 2 is 2.35 bits per heavy atom. The number of nitrogens with zero attached hydrogens (tertiary/aromatic N) is 3. The van der Waals surface area contributed by atoms with Gasteiger partial charge in [-0.3, -0.25) is 0 Å². The standard InChI is InChI=1S/C14H21N5O/c1-10(9-20-3)17-14(15)16-7-12-8-19-11(2)5-4-6-13(19)18-12/h4-6,8,10H,7,9H2,1-3H3,(H3,15,16,17). The van der Waals surface area contributed by atoms with E-state index in [1.807, 2.05) is 42.6 Å². The van der Waals surface area contributed by atoms with Crippen molar-refractivity contribution >= 4 is 11.6 Å². The number of aromatic nitrogens is 2. The first-order valence-electron chi connectivity index (χ1n) is 6.59. The SMILES string of the molecule is COCC(C)NC(N)=NCc1cn2c(C)cccc2n1. The fourth-order valence-corrected chi connectivity index (χ4v) is 2.03. The summed E-state index contributed by atoms with van der Waals surface area (Å²) >= 11 is 0. The number of ether oxygens (including phenoxy) is 1. The predicted molar refractivity (Wildman–Crippen MR) is 79.7 cm³/mol. The molecule has 1 atom stereocenters. The third-order valence-electron chi connectivity index (χ3n) is 2.97. The molecule has 108 valence electrons. The number of aliphatic imine (C=N–C) groups is 1. The maximum Gasteiger partial charge on any atom is 0.189 e. The molecule has 3 N–H and O–H groups in total. The summed E-state index contributed by atoms with van der Waals surface area (Å²) in [6.45, 7) is 5.08. The molecule has 2 heterocycles. The molecule has 1 unspecified atom stereocenters. The van der Waals surface area contributed by atoms with Crippen molar-refractivity contribution in [2.24, 2.45) is 10.7 Å². The minimum atomic E-state index is 0.132. The molecule has 0 fully saturated rings. The zero-order valence-electron chi connectivity index (χ0n) is 12.1. The van der Waals surface area contributed by atoms with E-state index in [1.165, 1.54) is 0 Å². The van der Waals surface area contributed by atoms with Gasteiger partial charge in [-0.15, -0.1) is 0 Å². The molecule has 2 rings (SSSR count). The summed E-state index contributed by atoms with van der Waals surface area (Å²) in [5, 5.41) is 3.06. The van der Waals surface area contributed by atoms with E-state index in [-0.39, 0.29) is 6.04 Å². The second-order valence-corrected chi connectivity index (χ2v) is 4.83. The molecule has 0 aliphatic heterocycles. The molecule has 6 nitrogen and oxygen atoms in total. The van der Waals surface area contributed by atoms with Gasteiger partial charge in [0.2, 0.25) is 0 Å². The molecule has 0 saturated heterocycles. The van der Waals surface area contributed by atoms with Crippen molar-refractivity contribution in [3.63, 3.8) is 0 Å². The minimum Gasteiger partial charge on any atom is -0.383 e. The Labute approximate surface area is 118 Å². The molecule has 2 aromatic heterocycles. The second kappa shape index (κ2) is 6.38. The zero-order chi connectivity index (χ0) is 14.5. The van der Waals surface area contributed by atoms with Gasteiger partial charge in [-0.1, -0.05) is 6.07 Å². The van der Waals surface area contributed by atoms with Crippen LogP contribution in [0, 0.1) is 6.92 Å². The van der Waals surface area contributed by atoms with Crippen molar-refractivity contribution in [3.05, 3.63) is 35.8 Å². The van der Waals surface area contributed by atoms with Gasteiger partial charge in [0.25, 0.3) is 0 Å². The highest BCUT2D eigenvalue weighted by Crippen LogP contribution is 2.08. The van der Waals surface area contributed by atoms with Crippen molar-refractivity contribution in [1.82, 2.24) is 14.7 Å². The van der Waals surface area contributed by atoms with Crippen LogP contribution in [0.5, 0.6) is 0 Å². The van der Waals surface area contributed by atoms with Crippen molar-refractivity contribution in [1.29, 1.82) is 0 Å². The van der Waals surface area contributed by atoms with Crippen LogP contribution in [-0.2, 0) is 11.3 Å². The summed E-state index contributed by atoms with van der Waals surface area (Å²) in [6, 6.07) is 6.15. The Morgan fingerprint density at radius 1 is 1.55 bits per heavy atom. The molecule has 6 heteroatoms. The number of rotatable bonds is 5. The van der Waals surface area contributed by atoms with Crippen LogP contribution in [0.4, 0.5) is 0 Å². The molecule has 0 amide bonds. The maximum atomic E-state index is 5.83. The highest BCUT2D eigenvalue weighted by molar-refractivity contribution is 5.78. The number of guanidine groups is 1. The van der Waals surface area contributed by atoms with Crippen molar-refractivity contribution in [2.45, 2.75) is 26.4 Å². The molecule has 0 saturated carbocycles. The fourth-order valence-electron chi connectivity index (χ4n) is 2.03. The third kappa shape index (κ3) is 3.48. The first kappa shape index (κ1) is 14.3. The average molecular weight is 275 g/mol. The number of methoxy groups -OCH3 is 1. The monoisotopic (exact) mass is 275 g/mol. The Balaban J connectivity index is 2.03. The second-order valence-electron chi connectivity index (χ2n) is 4.83. The Kier molecular flexibility index (Phi) is 4.57. The van der Waals surface area contributed by atoms with Crippen LogP contribution >= 0.6 is 0 Å². The lowest BCUT2D eigenvalue weighted by Gasteiger charge is -2.12. The van der Waals surface area contributed by atoms with Gasteiger partial charge in [0.15, 0.2) is 5.96 Å². The normalized spacial score (nSPS) is 13.7. The highest BCUT2D eigenvalue weighted by Gasteiger charge is 2.04. The molecule has 0 aromatic carbocycles. The number of fused-ring (bicyclic) bond motifs is 1. The Hall–Kier alpha value is -2.08. The zero-order valence-corrected chi connectivity index (χ0v) is 12.1. The quantitative estimate of drug-likeness (QED) is 0.632. The Morgan fingerprint density at radius 3 is 3.05 bits per heavy atom. The maximum absolute atomic E-state index is 5.83. The van der Waals surface area contributed by atoms with E-state index in [9.17, 15) is 0 Å². The lowest BCUT2D eigenvalue weighted by molar-refractivity contribution is 0.179. The van der Waals surface area contributed by atoms with Crippen LogP contribution < -0.4 is 11.1 Å². The molecule has 2 aromatic rings. The summed E-state index contributed by atoms with van der Waals surface area (Å²) in [5.41, 5.74) is 8.79. The fraction of sp³-hybridized carbons (Fsp3) is 0.429. The van der Waals surface area contributed by atoms with Gasteiger partial charge in [-0.2, -0.15) is 0 Å². The van der Waals surface area contributed by atoms with Gasteiger partial charge in [0.05, 0.1) is 18.8 Å². The summed E-state index contributed by atoms with van der Waals surface area (Å²) in [4.78, 5) is 8.80. The van der Waals surface area contributed by atoms with Gasteiger partial charge in [0.1, 0.15) is 5.65 Å². The molecular formula is C14H21N5O. The van der Waals surface area contributed by atoms with Gasteiger partial charge >= 0.3 is 0 Å². The van der Waals surface area contributed by atoms with Crippen LogP contribution in [0.15, 0.2) is 29.4 Å². The molecule has 0 bridgehead atoms. The van der Waals surface area contributed by atoms with Gasteiger partial charge < -0.3 is 20.2 Å². The third-order valence-corrected chi connectivity index (χ3v) is 2.97. The van der Waals surface area contributed by atoms with Crippen LogP contribution in [-0.4, -0.2) is 35.1 Å². The van der Waals surface area contributed by atoms with E-state index in [0.29, 0.717) is 19.1 Å². The van der Waals surface area contributed by atoms with Crippen LogP contribution in [0.3, 0.4) is 0 Å². The largest absolute Gasteiger partial charge is 0.383 e. The minimum absolute atomic E-state index is 0.132. The van der Waals surface area contributed by atoms with Gasteiger partial charge in [-0.25, -0.2) is 9.98 Å². The summed E-state index contributed by atoms with van der Waals surface area (Å²) < 4.78 is 7.08. The smallest absolute Gasteiger partial charge is 0.189 e. The summed E-state index contributed by atoms with van der Waals surface area (Å²) in [6.07, 6.45) is 1.99. The van der Waals surface area contributed by atoms with Gasteiger partial charge in [0, 0.05) is 25.0 Å². The van der Waals surface area contributed by atoms with Crippen molar-refractivity contribution in [3.8, 4) is 0 Å². The van der Waals surface area contributed by atoms with E-state index in [0.717, 1.165) is 17.0 Å². The lowest BCUT2D eigenvalue weighted by Crippen LogP contribution is -2.40.